The van der Waals surface area contributed by atoms with Gasteiger partial charge in [-0.05, 0) is 48.4 Å². The summed E-state index contributed by atoms with van der Waals surface area (Å²) in [4.78, 5) is 0. The molecule has 108 valence electrons. The molecule has 0 aliphatic rings. The molecular formula is C16H19BrFNO. The number of ether oxygens (including phenoxy) is 1. The largest absolute Gasteiger partial charge is 0.497 e. The Balaban J connectivity index is 0.00000200. The molecule has 0 heterocycles. The third-order valence-corrected chi connectivity index (χ3v) is 2.97. The van der Waals surface area contributed by atoms with Crippen LogP contribution in [0.2, 0.25) is 0 Å². The summed E-state index contributed by atoms with van der Waals surface area (Å²) in [6.45, 7) is 1.67. The summed E-state index contributed by atoms with van der Waals surface area (Å²) < 4.78 is 17.9. The van der Waals surface area contributed by atoms with Gasteiger partial charge in [0.1, 0.15) is 11.6 Å². The number of hydrogen-bond donors (Lipinski definition) is 1. The topological polar surface area (TPSA) is 21.3 Å². The summed E-state index contributed by atoms with van der Waals surface area (Å²) >= 11 is 0. The van der Waals surface area contributed by atoms with Gasteiger partial charge in [-0.15, -0.1) is 17.0 Å². The first kappa shape index (κ1) is 16.7. The van der Waals surface area contributed by atoms with Crippen LogP contribution in [0, 0.1) is 5.82 Å². The average molecular weight is 340 g/mol. The van der Waals surface area contributed by atoms with E-state index in [1.807, 2.05) is 30.3 Å². The van der Waals surface area contributed by atoms with Crippen LogP contribution in [0.25, 0.3) is 0 Å². The monoisotopic (exact) mass is 339 g/mol. The van der Waals surface area contributed by atoms with Gasteiger partial charge in [-0.3, -0.25) is 0 Å². The van der Waals surface area contributed by atoms with E-state index in [4.69, 9.17) is 4.74 Å². The first-order chi connectivity index (χ1) is 9.28. The third-order valence-electron chi connectivity index (χ3n) is 2.97. The van der Waals surface area contributed by atoms with Crippen molar-refractivity contribution >= 4 is 17.0 Å². The molecule has 0 aromatic heterocycles. The lowest BCUT2D eigenvalue weighted by Crippen LogP contribution is -2.16. The van der Waals surface area contributed by atoms with Crippen molar-refractivity contribution in [2.24, 2.45) is 0 Å². The lowest BCUT2D eigenvalue weighted by Gasteiger charge is -2.07. The minimum atomic E-state index is -0.187. The van der Waals surface area contributed by atoms with Crippen molar-refractivity contribution in [3.63, 3.8) is 0 Å². The minimum absolute atomic E-state index is 0. The molecular weight excluding hydrogens is 321 g/mol. The molecule has 0 saturated carbocycles. The van der Waals surface area contributed by atoms with Gasteiger partial charge >= 0.3 is 0 Å². The second kappa shape index (κ2) is 8.72. The molecule has 2 nitrogen and oxygen atoms in total. The van der Waals surface area contributed by atoms with Gasteiger partial charge in [0.05, 0.1) is 7.11 Å². The summed E-state index contributed by atoms with van der Waals surface area (Å²) in [6, 6.07) is 14.6. The normalized spacial score (nSPS) is 9.90. The second-order valence-corrected chi connectivity index (χ2v) is 4.40. The van der Waals surface area contributed by atoms with Crippen LogP contribution in [0.4, 0.5) is 4.39 Å². The van der Waals surface area contributed by atoms with E-state index in [0.29, 0.717) is 0 Å². The van der Waals surface area contributed by atoms with E-state index in [1.54, 1.807) is 7.11 Å². The summed E-state index contributed by atoms with van der Waals surface area (Å²) in [5.74, 6) is 0.686. The minimum Gasteiger partial charge on any atom is -0.497 e. The Morgan fingerprint density at radius 2 is 1.80 bits per heavy atom. The third kappa shape index (κ3) is 5.31. The molecule has 0 aliphatic carbocycles. The van der Waals surface area contributed by atoms with Crippen LogP contribution in [0.3, 0.4) is 0 Å². The highest BCUT2D eigenvalue weighted by Crippen LogP contribution is 2.12. The summed E-state index contributed by atoms with van der Waals surface area (Å²) in [6.07, 6.45) is 0.893. The van der Waals surface area contributed by atoms with E-state index in [2.05, 4.69) is 11.4 Å². The van der Waals surface area contributed by atoms with E-state index in [1.165, 1.54) is 17.7 Å². The summed E-state index contributed by atoms with van der Waals surface area (Å²) in [7, 11) is 1.67. The molecule has 0 unspecified atom stereocenters. The maximum Gasteiger partial charge on any atom is 0.123 e. The Morgan fingerprint density at radius 3 is 2.50 bits per heavy atom. The van der Waals surface area contributed by atoms with Gasteiger partial charge in [-0.2, -0.15) is 0 Å². The van der Waals surface area contributed by atoms with Gasteiger partial charge in [0.15, 0.2) is 0 Å². The molecule has 0 saturated heterocycles. The molecule has 2 rings (SSSR count). The van der Waals surface area contributed by atoms with Crippen molar-refractivity contribution in [2.45, 2.75) is 13.0 Å². The summed E-state index contributed by atoms with van der Waals surface area (Å²) in [5.41, 5.74) is 2.33. The molecule has 0 radical (unpaired) electrons. The summed E-state index contributed by atoms with van der Waals surface area (Å²) in [5, 5.41) is 3.37. The zero-order valence-corrected chi connectivity index (χ0v) is 13.1. The van der Waals surface area contributed by atoms with Crippen LogP contribution < -0.4 is 10.1 Å². The van der Waals surface area contributed by atoms with Crippen molar-refractivity contribution < 1.29 is 9.13 Å². The van der Waals surface area contributed by atoms with E-state index in [-0.39, 0.29) is 22.8 Å². The highest BCUT2D eigenvalue weighted by Gasteiger charge is 1.97. The number of nitrogens with one attached hydrogen (secondary N) is 1. The smallest absolute Gasteiger partial charge is 0.123 e. The maximum absolute atomic E-state index is 12.7. The molecule has 2 aromatic carbocycles. The van der Waals surface area contributed by atoms with Crippen molar-refractivity contribution in [3.8, 4) is 5.75 Å². The fraction of sp³-hybridized carbons (Fsp3) is 0.250. The fourth-order valence-corrected chi connectivity index (χ4v) is 1.90. The molecule has 0 fully saturated rings. The predicted octanol–water partition coefficient (Wildman–Crippen LogP) is 3.74. The van der Waals surface area contributed by atoms with Gasteiger partial charge in [-0.25, -0.2) is 4.39 Å². The molecule has 2 aromatic rings. The molecule has 0 bridgehead atoms. The SMILES string of the molecule is Br.COc1cccc(CNCCc2ccc(F)cc2)c1. The molecule has 20 heavy (non-hydrogen) atoms. The fourth-order valence-electron chi connectivity index (χ4n) is 1.90. The van der Waals surface area contributed by atoms with Crippen molar-refractivity contribution in [2.75, 3.05) is 13.7 Å². The Morgan fingerprint density at radius 1 is 1.05 bits per heavy atom. The van der Waals surface area contributed by atoms with Gasteiger partial charge in [0, 0.05) is 6.54 Å². The van der Waals surface area contributed by atoms with E-state index in [9.17, 15) is 4.39 Å². The highest BCUT2D eigenvalue weighted by atomic mass is 79.9. The molecule has 0 atom stereocenters. The van der Waals surface area contributed by atoms with E-state index >= 15 is 0 Å². The van der Waals surface area contributed by atoms with Gasteiger partial charge < -0.3 is 10.1 Å². The van der Waals surface area contributed by atoms with Crippen LogP contribution >= 0.6 is 17.0 Å². The Kier molecular flexibility index (Phi) is 7.26. The zero-order chi connectivity index (χ0) is 13.5. The number of halogens is 2. The molecule has 4 heteroatoms. The van der Waals surface area contributed by atoms with Gasteiger partial charge in [-0.1, -0.05) is 24.3 Å². The Hall–Kier alpha value is -1.39. The second-order valence-electron chi connectivity index (χ2n) is 4.40. The quantitative estimate of drug-likeness (QED) is 0.809. The number of rotatable bonds is 6. The van der Waals surface area contributed by atoms with Crippen molar-refractivity contribution in [1.82, 2.24) is 5.32 Å². The predicted molar refractivity (Wildman–Crippen MR) is 85.1 cm³/mol. The molecule has 0 spiro atoms. The average Bonchev–Trinajstić information content (AvgIpc) is 2.46. The van der Waals surface area contributed by atoms with Crippen LogP contribution in [0.1, 0.15) is 11.1 Å². The van der Waals surface area contributed by atoms with Crippen LogP contribution in [0.15, 0.2) is 48.5 Å². The van der Waals surface area contributed by atoms with Gasteiger partial charge in [0.25, 0.3) is 0 Å². The van der Waals surface area contributed by atoms with E-state index < -0.39 is 0 Å². The first-order valence-electron chi connectivity index (χ1n) is 6.36. The standard InChI is InChI=1S/C16H18FNO.BrH/c1-19-16-4-2-3-14(11-16)12-18-10-9-13-5-7-15(17)8-6-13;/h2-8,11,18H,9-10,12H2,1H3;1H. The molecule has 0 amide bonds. The van der Waals surface area contributed by atoms with Crippen LogP contribution in [-0.4, -0.2) is 13.7 Å². The lowest BCUT2D eigenvalue weighted by molar-refractivity contribution is 0.414. The van der Waals surface area contributed by atoms with Gasteiger partial charge in [0.2, 0.25) is 0 Å². The van der Waals surface area contributed by atoms with E-state index in [0.717, 1.165) is 30.8 Å². The lowest BCUT2D eigenvalue weighted by atomic mass is 10.1. The Bertz CT molecular complexity index is 516. The molecule has 1 N–H and O–H groups in total. The molecule has 0 aliphatic heterocycles. The maximum atomic E-state index is 12.7. The van der Waals surface area contributed by atoms with Crippen molar-refractivity contribution in [3.05, 3.63) is 65.5 Å². The number of benzene rings is 2. The highest BCUT2D eigenvalue weighted by molar-refractivity contribution is 8.93. The first-order valence-corrected chi connectivity index (χ1v) is 6.36. The Labute approximate surface area is 129 Å². The number of methoxy groups -OCH3 is 1. The number of hydrogen-bond acceptors (Lipinski definition) is 2. The van der Waals surface area contributed by atoms with Crippen LogP contribution in [0.5, 0.6) is 5.75 Å². The van der Waals surface area contributed by atoms with Crippen molar-refractivity contribution in [1.29, 1.82) is 0 Å². The van der Waals surface area contributed by atoms with Crippen LogP contribution in [-0.2, 0) is 13.0 Å². The zero-order valence-electron chi connectivity index (χ0n) is 11.4.